The van der Waals surface area contributed by atoms with Crippen molar-refractivity contribution >= 4 is 23.7 Å². The van der Waals surface area contributed by atoms with Gasteiger partial charge in [-0.3, -0.25) is 19.4 Å². The summed E-state index contributed by atoms with van der Waals surface area (Å²) in [5.74, 6) is 2.15. The fourth-order valence-electron chi connectivity index (χ4n) is 3.67. The fraction of sp³-hybridized carbons (Fsp3) is 0.308. The Morgan fingerprint density at radius 3 is 2.06 bits per heavy atom. The summed E-state index contributed by atoms with van der Waals surface area (Å²) in [6.07, 6.45) is 0.507. The van der Waals surface area contributed by atoms with Gasteiger partial charge in [-0.1, -0.05) is 72.5 Å². The van der Waals surface area contributed by atoms with Crippen molar-refractivity contribution in [1.29, 1.82) is 0 Å². The minimum atomic E-state index is -1.22. The van der Waals surface area contributed by atoms with Crippen LogP contribution in [0.3, 0.4) is 0 Å². The number of carboxylic acids is 1. The Bertz CT molecular complexity index is 1050. The van der Waals surface area contributed by atoms with Crippen molar-refractivity contribution in [1.82, 2.24) is 10.2 Å². The van der Waals surface area contributed by atoms with E-state index in [0.717, 1.165) is 11.1 Å². The predicted octanol–water partition coefficient (Wildman–Crippen LogP) is 0.266. The van der Waals surface area contributed by atoms with Crippen molar-refractivity contribution in [3.05, 3.63) is 71.8 Å². The minimum Gasteiger partial charge on any atom is -0.480 e. The Kier molecular flexibility index (Phi) is 11.5. The maximum absolute atomic E-state index is 14.1. The number of nitrogens with one attached hydrogen (secondary N) is 1. The number of carboxylic acid groups (broad SMARTS) is 1. The molecule has 0 saturated carbocycles. The molecule has 2 aromatic rings. The van der Waals surface area contributed by atoms with Gasteiger partial charge in [-0.05, 0) is 24.0 Å². The average Bonchev–Trinajstić information content (AvgIpc) is 2.87. The molecule has 10 heteroatoms. The van der Waals surface area contributed by atoms with E-state index in [1.54, 1.807) is 0 Å². The molecule has 0 fully saturated rings. The van der Waals surface area contributed by atoms with E-state index >= 15 is 0 Å². The number of benzene rings is 2. The molecule has 0 radical (unpaired) electrons. The van der Waals surface area contributed by atoms with Gasteiger partial charge in [-0.2, -0.15) is 0 Å². The Hall–Kier alpha value is -4.36. The number of hydrogen-bond acceptors (Lipinski definition) is 5. The largest absolute Gasteiger partial charge is 0.480 e. The molecule has 0 saturated heterocycles. The maximum Gasteiger partial charge on any atom is 0.322 e. The first-order valence-corrected chi connectivity index (χ1v) is 11.4. The molecule has 0 aliphatic rings. The molecule has 0 spiro atoms. The van der Waals surface area contributed by atoms with Gasteiger partial charge in [0.25, 0.3) is 0 Å². The smallest absolute Gasteiger partial charge is 0.322 e. The highest BCUT2D eigenvalue weighted by Gasteiger charge is 2.34. The van der Waals surface area contributed by atoms with Crippen LogP contribution >= 0.6 is 0 Å². The van der Waals surface area contributed by atoms with Gasteiger partial charge in [-0.15, -0.1) is 0 Å². The monoisotopic (exact) mass is 493 g/mol. The third-order valence-electron chi connectivity index (χ3n) is 5.27. The SMILES string of the molecule is NC(N)=NCCC[C@H](C(=O)NCC(=O)O)N(CC#CCO)C(=O)C(c1ccccc1)c1ccccc1. The van der Waals surface area contributed by atoms with Crippen molar-refractivity contribution < 1.29 is 24.6 Å². The van der Waals surface area contributed by atoms with Crippen LogP contribution in [0.1, 0.15) is 29.9 Å². The summed E-state index contributed by atoms with van der Waals surface area (Å²) >= 11 is 0. The average molecular weight is 494 g/mol. The van der Waals surface area contributed by atoms with Crippen LogP contribution in [0.25, 0.3) is 0 Å². The van der Waals surface area contributed by atoms with Gasteiger partial charge >= 0.3 is 5.97 Å². The number of carbonyl (C=O) groups excluding carboxylic acids is 2. The molecule has 0 heterocycles. The number of amides is 2. The Balaban J connectivity index is 2.50. The normalized spacial score (nSPS) is 11.1. The number of aliphatic carboxylic acids is 1. The third-order valence-corrected chi connectivity index (χ3v) is 5.27. The lowest BCUT2D eigenvalue weighted by Crippen LogP contribution is -2.52. The van der Waals surface area contributed by atoms with E-state index in [0.29, 0.717) is 6.42 Å². The lowest BCUT2D eigenvalue weighted by Gasteiger charge is -2.33. The first-order chi connectivity index (χ1) is 17.3. The van der Waals surface area contributed by atoms with Gasteiger partial charge in [0.2, 0.25) is 11.8 Å². The number of hydrogen-bond donors (Lipinski definition) is 5. The van der Waals surface area contributed by atoms with Gasteiger partial charge in [-0.25, -0.2) is 0 Å². The summed E-state index contributed by atoms with van der Waals surface area (Å²) in [6.45, 7) is -0.948. The highest BCUT2D eigenvalue weighted by Crippen LogP contribution is 2.28. The molecule has 0 aliphatic heterocycles. The number of rotatable bonds is 12. The summed E-state index contributed by atoms with van der Waals surface area (Å²) in [4.78, 5) is 43.5. The molecule has 2 aromatic carbocycles. The van der Waals surface area contributed by atoms with Crippen molar-refractivity contribution in [2.45, 2.75) is 24.8 Å². The molecular weight excluding hydrogens is 462 g/mol. The first kappa shape index (κ1) is 27.9. The van der Waals surface area contributed by atoms with Crippen LogP contribution in [-0.2, 0) is 14.4 Å². The zero-order valence-corrected chi connectivity index (χ0v) is 19.8. The van der Waals surface area contributed by atoms with Crippen molar-refractivity contribution in [2.24, 2.45) is 16.5 Å². The fourth-order valence-corrected chi connectivity index (χ4v) is 3.67. The van der Waals surface area contributed by atoms with Crippen LogP contribution in [0.5, 0.6) is 0 Å². The number of nitrogens with zero attached hydrogens (tertiary/aromatic N) is 2. The molecular formula is C26H31N5O5. The first-order valence-electron chi connectivity index (χ1n) is 11.4. The van der Waals surface area contributed by atoms with Gasteiger partial charge in [0, 0.05) is 6.54 Å². The number of carbonyl (C=O) groups is 3. The molecule has 36 heavy (non-hydrogen) atoms. The molecule has 0 unspecified atom stereocenters. The molecule has 1 atom stereocenters. The van der Waals surface area contributed by atoms with E-state index < -0.39 is 42.9 Å². The Morgan fingerprint density at radius 1 is 0.972 bits per heavy atom. The van der Waals surface area contributed by atoms with E-state index in [9.17, 15) is 14.4 Å². The lowest BCUT2D eigenvalue weighted by molar-refractivity contribution is -0.142. The third kappa shape index (κ3) is 8.77. The highest BCUT2D eigenvalue weighted by atomic mass is 16.4. The lowest BCUT2D eigenvalue weighted by atomic mass is 9.89. The zero-order chi connectivity index (χ0) is 26.3. The van der Waals surface area contributed by atoms with Gasteiger partial charge < -0.3 is 31.9 Å². The predicted molar refractivity (Wildman–Crippen MR) is 136 cm³/mol. The second-order valence-corrected chi connectivity index (χ2v) is 7.81. The zero-order valence-electron chi connectivity index (χ0n) is 19.8. The number of aliphatic hydroxyl groups excluding tert-OH is 1. The molecule has 0 aromatic heterocycles. The van der Waals surface area contributed by atoms with Crippen LogP contribution in [0.4, 0.5) is 0 Å². The van der Waals surface area contributed by atoms with Crippen molar-refractivity contribution in [3.8, 4) is 11.8 Å². The van der Waals surface area contributed by atoms with Gasteiger partial charge in [0.15, 0.2) is 5.96 Å². The summed E-state index contributed by atoms with van der Waals surface area (Å²) in [5, 5.41) is 20.5. The van der Waals surface area contributed by atoms with Crippen LogP contribution < -0.4 is 16.8 Å². The topological polar surface area (TPSA) is 171 Å². The molecule has 7 N–H and O–H groups in total. The van der Waals surface area contributed by atoms with Gasteiger partial charge in [0.05, 0.1) is 12.5 Å². The molecule has 10 nitrogen and oxygen atoms in total. The number of guanidine groups is 1. The molecule has 2 rings (SSSR count). The molecule has 0 bridgehead atoms. The van der Waals surface area contributed by atoms with Crippen LogP contribution in [0.2, 0.25) is 0 Å². The minimum absolute atomic E-state index is 0.100. The molecule has 190 valence electrons. The van der Waals surface area contributed by atoms with Crippen molar-refractivity contribution in [3.63, 3.8) is 0 Å². The van der Waals surface area contributed by atoms with E-state index in [-0.39, 0.29) is 25.5 Å². The summed E-state index contributed by atoms with van der Waals surface area (Å²) < 4.78 is 0. The van der Waals surface area contributed by atoms with E-state index in [4.69, 9.17) is 21.7 Å². The standard InChI is InChI=1S/C26H31N5O5/c27-26(28)29-15-9-14-21(24(35)30-18-22(33)34)31(16-7-8-17-32)25(36)23(19-10-3-1-4-11-19)20-12-5-2-6-13-20/h1-6,10-13,21,23,32H,9,14-18H2,(H,30,35)(H,33,34)(H4,27,28,29)/t21-/m1/s1. The Morgan fingerprint density at radius 2 is 1.56 bits per heavy atom. The molecule has 2 amide bonds. The van der Waals surface area contributed by atoms with E-state index in [1.807, 2.05) is 60.7 Å². The number of aliphatic hydroxyl groups is 1. The molecule has 0 aliphatic carbocycles. The highest BCUT2D eigenvalue weighted by molar-refractivity contribution is 5.93. The number of nitrogens with two attached hydrogens (primary N) is 2. The van der Waals surface area contributed by atoms with Gasteiger partial charge in [0.1, 0.15) is 19.2 Å². The van der Waals surface area contributed by atoms with Crippen LogP contribution in [0.15, 0.2) is 65.7 Å². The van der Waals surface area contributed by atoms with E-state index in [1.165, 1.54) is 4.90 Å². The summed E-state index contributed by atoms with van der Waals surface area (Å²) in [7, 11) is 0. The van der Waals surface area contributed by atoms with Crippen LogP contribution in [-0.4, -0.2) is 71.1 Å². The quantitative estimate of drug-likeness (QED) is 0.122. The second-order valence-electron chi connectivity index (χ2n) is 7.81. The Labute approximate surface area is 210 Å². The van der Waals surface area contributed by atoms with Crippen molar-refractivity contribution in [2.75, 3.05) is 26.2 Å². The second kappa shape index (κ2) is 14.8. The summed E-state index contributed by atoms with van der Waals surface area (Å²) in [6, 6.07) is 17.2. The number of aliphatic imine (C=N–C) groups is 1. The summed E-state index contributed by atoms with van der Waals surface area (Å²) in [5.41, 5.74) is 12.2. The van der Waals surface area contributed by atoms with Crippen LogP contribution in [0, 0.1) is 11.8 Å². The van der Waals surface area contributed by atoms with E-state index in [2.05, 4.69) is 22.2 Å². The maximum atomic E-state index is 14.1.